The summed E-state index contributed by atoms with van der Waals surface area (Å²) in [6, 6.07) is -1.46. The second-order valence-electron chi connectivity index (χ2n) is 4.93. The van der Waals surface area contributed by atoms with Crippen LogP contribution in [0, 0.1) is 6.92 Å². The Bertz CT molecular complexity index is 528. The fraction of sp³-hybridized carbons (Fsp3) is 0.583. The maximum absolute atomic E-state index is 12.0. The quantitative estimate of drug-likeness (QED) is 0.690. The lowest BCUT2D eigenvalue weighted by Crippen LogP contribution is -2.46. The van der Waals surface area contributed by atoms with E-state index in [-0.39, 0.29) is 19.5 Å². The Morgan fingerprint density at radius 3 is 2.80 bits per heavy atom. The summed E-state index contributed by atoms with van der Waals surface area (Å²) >= 11 is 0. The average molecular weight is 282 g/mol. The van der Waals surface area contributed by atoms with Crippen LogP contribution >= 0.6 is 0 Å². The molecule has 0 aliphatic carbocycles. The zero-order valence-electron chi connectivity index (χ0n) is 11.4. The van der Waals surface area contributed by atoms with Gasteiger partial charge in [0.05, 0.1) is 12.3 Å². The van der Waals surface area contributed by atoms with Crippen LogP contribution in [0.5, 0.6) is 0 Å². The molecule has 0 saturated carbocycles. The molecule has 1 saturated heterocycles. The molecule has 0 aromatic carbocycles. The van der Waals surface area contributed by atoms with Crippen LogP contribution < -0.4 is 5.32 Å². The van der Waals surface area contributed by atoms with E-state index in [0.29, 0.717) is 0 Å². The zero-order valence-corrected chi connectivity index (χ0v) is 11.4. The molecule has 2 atom stereocenters. The Labute approximate surface area is 116 Å². The van der Waals surface area contributed by atoms with Crippen molar-refractivity contribution >= 4 is 12.0 Å². The molecule has 1 aromatic heterocycles. The molecule has 0 radical (unpaired) electrons. The van der Waals surface area contributed by atoms with Crippen molar-refractivity contribution in [3.63, 3.8) is 0 Å². The molecule has 1 aliphatic heterocycles. The van der Waals surface area contributed by atoms with Crippen molar-refractivity contribution in [1.82, 2.24) is 20.0 Å². The van der Waals surface area contributed by atoms with Gasteiger partial charge >= 0.3 is 12.0 Å². The predicted octanol–water partition coefficient (Wildman–Crippen LogP) is -0.542. The number of aliphatic carboxylic acids is 1. The van der Waals surface area contributed by atoms with Gasteiger partial charge in [0, 0.05) is 37.8 Å². The number of hydrogen-bond donors (Lipinski definition) is 3. The highest BCUT2D eigenvalue weighted by Crippen LogP contribution is 2.18. The van der Waals surface area contributed by atoms with Crippen LogP contribution in [0.15, 0.2) is 6.20 Å². The van der Waals surface area contributed by atoms with Gasteiger partial charge in [-0.05, 0) is 6.92 Å². The second-order valence-corrected chi connectivity index (χ2v) is 4.93. The molecule has 1 unspecified atom stereocenters. The number of carbonyl (C=O) groups is 2. The number of aryl methyl sites for hydroxylation is 1. The summed E-state index contributed by atoms with van der Waals surface area (Å²) in [5.41, 5.74) is 1.80. The summed E-state index contributed by atoms with van der Waals surface area (Å²) in [5.74, 6) is -1.10. The summed E-state index contributed by atoms with van der Waals surface area (Å²) in [4.78, 5) is 24.2. The topological polar surface area (TPSA) is 108 Å². The first-order valence-corrected chi connectivity index (χ1v) is 6.33. The number of aliphatic hydroxyl groups is 1. The fourth-order valence-corrected chi connectivity index (χ4v) is 2.26. The molecule has 20 heavy (non-hydrogen) atoms. The van der Waals surface area contributed by atoms with Crippen LogP contribution in [-0.2, 0) is 18.4 Å². The van der Waals surface area contributed by atoms with E-state index in [1.54, 1.807) is 17.9 Å². The number of likely N-dealkylation sites (tertiary alicyclic amines) is 1. The smallest absolute Gasteiger partial charge is 0.326 e. The lowest BCUT2D eigenvalue weighted by Gasteiger charge is -2.21. The third kappa shape index (κ3) is 2.74. The van der Waals surface area contributed by atoms with E-state index in [9.17, 15) is 14.7 Å². The molecule has 3 N–H and O–H groups in total. The summed E-state index contributed by atoms with van der Waals surface area (Å²) in [6.45, 7) is 2.19. The highest BCUT2D eigenvalue weighted by atomic mass is 16.4. The van der Waals surface area contributed by atoms with Gasteiger partial charge in [0.25, 0.3) is 0 Å². The van der Waals surface area contributed by atoms with Crippen molar-refractivity contribution < 1.29 is 19.8 Å². The Morgan fingerprint density at radius 1 is 1.55 bits per heavy atom. The molecule has 8 heteroatoms. The number of carboxylic acids is 1. The van der Waals surface area contributed by atoms with Crippen LogP contribution in [0.1, 0.15) is 17.7 Å². The average Bonchev–Trinajstić information content (AvgIpc) is 2.92. The van der Waals surface area contributed by atoms with Crippen LogP contribution in [-0.4, -0.2) is 55.6 Å². The van der Waals surface area contributed by atoms with E-state index in [0.717, 1.165) is 16.2 Å². The van der Waals surface area contributed by atoms with Gasteiger partial charge in [0.15, 0.2) is 0 Å². The van der Waals surface area contributed by atoms with E-state index in [1.165, 1.54) is 0 Å². The van der Waals surface area contributed by atoms with Crippen LogP contribution in [0.3, 0.4) is 0 Å². The van der Waals surface area contributed by atoms with Gasteiger partial charge in [-0.15, -0.1) is 0 Å². The molecule has 110 valence electrons. The number of rotatable bonds is 3. The Kier molecular flexibility index (Phi) is 3.93. The van der Waals surface area contributed by atoms with Gasteiger partial charge in [-0.1, -0.05) is 0 Å². The van der Waals surface area contributed by atoms with Gasteiger partial charge in [-0.2, -0.15) is 5.10 Å². The van der Waals surface area contributed by atoms with Crippen LogP contribution in [0.25, 0.3) is 0 Å². The molecule has 2 heterocycles. The number of nitrogens with zero attached hydrogens (tertiary/aromatic N) is 3. The van der Waals surface area contributed by atoms with Crippen LogP contribution in [0.2, 0.25) is 0 Å². The van der Waals surface area contributed by atoms with Gasteiger partial charge < -0.3 is 20.4 Å². The number of aliphatic hydroxyl groups excluding tert-OH is 1. The first kappa shape index (κ1) is 14.3. The number of urea groups is 1. The molecule has 0 bridgehead atoms. The highest BCUT2D eigenvalue weighted by Gasteiger charge is 2.38. The molecule has 2 amide bonds. The molecule has 2 rings (SSSR count). The number of nitrogens with one attached hydrogen (secondary N) is 1. The number of amides is 2. The number of β-amino-alcohol motifs (C(OH)–C–C–N with tert-alkyl or cyclic N) is 1. The van der Waals surface area contributed by atoms with Crippen LogP contribution in [0.4, 0.5) is 4.79 Å². The molecule has 1 fully saturated rings. The third-order valence-electron chi connectivity index (χ3n) is 3.59. The van der Waals surface area contributed by atoms with E-state index in [4.69, 9.17) is 5.11 Å². The van der Waals surface area contributed by atoms with Crippen molar-refractivity contribution in [3.8, 4) is 0 Å². The van der Waals surface area contributed by atoms with Gasteiger partial charge in [0.2, 0.25) is 0 Å². The summed E-state index contributed by atoms with van der Waals surface area (Å²) < 4.78 is 1.70. The largest absolute Gasteiger partial charge is 0.480 e. The fourth-order valence-electron chi connectivity index (χ4n) is 2.26. The zero-order chi connectivity index (χ0) is 14.9. The van der Waals surface area contributed by atoms with Gasteiger partial charge in [-0.3, -0.25) is 4.68 Å². The SMILES string of the molecule is Cc1c(CNC(=O)N2CC(O)C[C@H]2C(=O)O)cnn1C. The van der Waals surface area contributed by atoms with E-state index < -0.39 is 24.1 Å². The molecule has 8 nitrogen and oxygen atoms in total. The lowest BCUT2D eigenvalue weighted by molar-refractivity contribution is -0.141. The minimum absolute atomic E-state index is 0.0365. The normalized spacial score (nSPS) is 22.1. The standard InChI is InChI=1S/C12H18N4O4/c1-7-8(5-14-15(7)2)4-13-12(20)16-6-9(17)3-10(16)11(18)19/h5,9-10,17H,3-4,6H2,1-2H3,(H,13,20)(H,18,19)/t9?,10-/m0/s1. The van der Waals surface area contributed by atoms with Crippen molar-refractivity contribution in [1.29, 1.82) is 0 Å². The lowest BCUT2D eigenvalue weighted by atomic mass is 10.2. The highest BCUT2D eigenvalue weighted by molar-refractivity contribution is 5.83. The Morgan fingerprint density at radius 2 is 2.25 bits per heavy atom. The van der Waals surface area contributed by atoms with Crippen molar-refractivity contribution in [3.05, 3.63) is 17.5 Å². The van der Waals surface area contributed by atoms with Gasteiger partial charge in [-0.25, -0.2) is 9.59 Å². The molecular weight excluding hydrogens is 264 g/mol. The first-order valence-electron chi connectivity index (χ1n) is 6.33. The molecular formula is C12H18N4O4. The third-order valence-corrected chi connectivity index (χ3v) is 3.59. The predicted molar refractivity (Wildman–Crippen MR) is 68.9 cm³/mol. The minimum Gasteiger partial charge on any atom is -0.480 e. The number of carbonyl (C=O) groups excluding carboxylic acids is 1. The minimum atomic E-state index is -1.10. The van der Waals surface area contributed by atoms with Crippen molar-refractivity contribution in [2.24, 2.45) is 7.05 Å². The Balaban J connectivity index is 1.98. The Hall–Kier alpha value is -2.09. The van der Waals surface area contributed by atoms with Crippen molar-refractivity contribution in [2.75, 3.05) is 6.54 Å². The maximum Gasteiger partial charge on any atom is 0.326 e. The van der Waals surface area contributed by atoms with Gasteiger partial charge in [0.1, 0.15) is 6.04 Å². The van der Waals surface area contributed by atoms with E-state index in [1.807, 2.05) is 6.92 Å². The van der Waals surface area contributed by atoms with Crippen molar-refractivity contribution in [2.45, 2.75) is 32.0 Å². The first-order chi connectivity index (χ1) is 9.40. The van der Waals surface area contributed by atoms with E-state index >= 15 is 0 Å². The maximum atomic E-state index is 12.0. The molecule has 1 aliphatic rings. The number of aromatic nitrogens is 2. The molecule has 0 spiro atoms. The molecule has 1 aromatic rings. The monoisotopic (exact) mass is 282 g/mol. The summed E-state index contributed by atoms with van der Waals surface area (Å²) in [5, 5.41) is 25.3. The second kappa shape index (κ2) is 5.49. The van der Waals surface area contributed by atoms with E-state index in [2.05, 4.69) is 10.4 Å². The number of hydrogen-bond acceptors (Lipinski definition) is 4. The summed E-state index contributed by atoms with van der Waals surface area (Å²) in [6.07, 6.45) is 0.930. The number of carboxylic acid groups (broad SMARTS) is 1. The summed E-state index contributed by atoms with van der Waals surface area (Å²) in [7, 11) is 1.80.